The maximum absolute atomic E-state index is 11.0. The standard InChI is InChI=1S/C30H62N2O/c1-2-3-4-5-6-7-8-9-10-11-12-13-14-15-16-17-18-19-20-21-22-23-24-25-26-27-28-32-30(33)29-31/h2-29,31H2,1H3,(H,32,33). The summed E-state index contributed by atoms with van der Waals surface area (Å²) >= 11 is 0. The van der Waals surface area contributed by atoms with Gasteiger partial charge in [-0.3, -0.25) is 4.79 Å². The first-order valence-corrected chi connectivity index (χ1v) is 15.3. The van der Waals surface area contributed by atoms with Crippen LogP contribution in [0.5, 0.6) is 0 Å². The molecule has 3 N–H and O–H groups in total. The van der Waals surface area contributed by atoms with Crippen LogP contribution in [0.25, 0.3) is 0 Å². The second-order valence-corrected chi connectivity index (χ2v) is 10.4. The first kappa shape index (κ1) is 32.4. The Morgan fingerprint density at radius 1 is 0.455 bits per heavy atom. The molecule has 0 spiro atoms. The van der Waals surface area contributed by atoms with Crippen molar-refractivity contribution in [2.75, 3.05) is 13.1 Å². The monoisotopic (exact) mass is 466 g/mol. The number of rotatable bonds is 28. The first-order chi connectivity index (χ1) is 16.3. The SMILES string of the molecule is CCCCCCCCCCCCCCCCCCCCCCCCCCCCNC(=O)CN. The van der Waals surface area contributed by atoms with Crippen LogP contribution in [0, 0.1) is 0 Å². The highest BCUT2D eigenvalue weighted by molar-refractivity contribution is 5.77. The summed E-state index contributed by atoms with van der Waals surface area (Å²) < 4.78 is 0. The van der Waals surface area contributed by atoms with Crippen LogP contribution in [0.15, 0.2) is 0 Å². The predicted octanol–water partition coefficient (Wildman–Crippen LogP) is 9.22. The van der Waals surface area contributed by atoms with Gasteiger partial charge >= 0.3 is 0 Å². The van der Waals surface area contributed by atoms with Crippen LogP contribution in [0.4, 0.5) is 0 Å². The van der Waals surface area contributed by atoms with Gasteiger partial charge in [0.05, 0.1) is 6.54 Å². The van der Waals surface area contributed by atoms with E-state index in [2.05, 4.69) is 12.2 Å². The molecule has 0 atom stereocenters. The van der Waals surface area contributed by atoms with Crippen molar-refractivity contribution in [3.63, 3.8) is 0 Å². The molecule has 0 aliphatic carbocycles. The number of hydrogen-bond acceptors (Lipinski definition) is 2. The fourth-order valence-electron chi connectivity index (χ4n) is 4.74. The molecule has 198 valence electrons. The number of nitrogens with one attached hydrogen (secondary N) is 1. The fraction of sp³-hybridized carbons (Fsp3) is 0.967. The Hall–Kier alpha value is -0.570. The third-order valence-corrected chi connectivity index (χ3v) is 7.04. The summed E-state index contributed by atoms with van der Waals surface area (Å²) in [5.41, 5.74) is 5.27. The van der Waals surface area contributed by atoms with E-state index in [4.69, 9.17) is 5.73 Å². The average Bonchev–Trinajstić information content (AvgIpc) is 2.83. The van der Waals surface area contributed by atoms with E-state index in [1.807, 2.05) is 0 Å². The van der Waals surface area contributed by atoms with Crippen molar-refractivity contribution in [3.8, 4) is 0 Å². The van der Waals surface area contributed by atoms with Gasteiger partial charge in [0.1, 0.15) is 0 Å². The lowest BCUT2D eigenvalue weighted by atomic mass is 10.0. The van der Waals surface area contributed by atoms with Gasteiger partial charge in [0.25, 0.3) is 0 Å². The Kier molecular flexibility index (Phi) is 29.0. The van der Waals surface area contributed by atoms with Crippen molar-refractivity contribution in [1.82, 2.24) is 5.32 Å². The summed E-state index contributed by atoms with van der Waals surface area (Å²) in [5.74, 6) is -0.0328. The van der Waals surface area contributed by atoms with E-state index in [0.717, 1.165) is 13.0 Å². The molecular formula is C30H62N2O. The highest BCUT2D eigenvalue weighted by Crippen LogP contribution is 2.15. The van der Waals surface area contributed by atoms with Crippen molar-refractivity contribution in [2.24, 2.45) is 5.73 Å². The molecule has 0 saturated carbocycles. The molecule has 0 fully saturated rings. The highest BCUT2D eigenvalue weighted by Gasteiger charge is 1.97. The second-order valence-electron chi connectivity index (χ2n) is 10.4. The minimum atomic E-state index is -0.0328. The average molecular weight is 467 g/mol. The van der Waals surface area contributed by atoms with Gasteiger partial charge in [-0.05, 0) is 6.42 Å². The lowest BCUT2D eigenvalue weighted by Crippen LogP contribution is -2.30. The second kappa shape index (κ2) is 29.5. The zero-order chi connectivity index (χ0) is 24.1. The molecule has 3 heteroatoms. The number of nitrogens with two attached hydrogens (primary N) is 1. The van der Waals surface area contributed by atoms with Crippen LogP contribution >= 0.6 is 0 Å². The van der Waals surface area contributed by atoms with Crippen LogP contribution < -0.4 is 11.1 Å². The molecule has 3 nitrogen and oxygen atoms in total. The highest BCUT2D eigenvalue weighted by atomic mass is 16.1. The zero-order valence-electron chi connectivity index (χ0n) is 22.8. The van der Waals surface area contributed by atoms with E-state index >= 15 is 0 Å². The van der Waals surface area contributed by atoms with E-state index in [0.29, 0.717) is 0 Å². The fourth-order valence-corrected chi connectivity index (χ4v) is 4.74. The summed E-state index contributed by atoms with van der Waals surface area (Å²) in [6.45, 7) is 3.20. The molecule has 0 radical (unpaired) electrons. The maximum Gasteiger partial charge on any atom is 0.233 e. The van der Waals surface area contributed by atoms with Gasteiger partial charge in [-0.1, -0.05) is 167 Å². The zero-order valence-corrected chi connectivity index (χ0v) is 22.8. The normalized spacial score (nSPS) is 11.2. The van der Waals surface area contributed by atoms with Crippen LogP contribution in [0.2, 0.25) is 0 Å². The topological polar surface area (TPSA) is 55.1 Å². The number of carbonyl (C=O) groups is 1. The van der Waals surface area contributed by atoms with E-state index in [-0.39, 0.29) is 12.5 Å². The predicted molar refractivity (Wildman–Crippen MR) is 148 cm³/mol. The molecule has 0 rings (SSSR count). The molecule has 0 bridgehead atoms. The summed E-state index contributed by atoms with van der Waals surface area (Å²) in [6.07, 6.45) is 36.9. The molecule has 0 aromatic heterocycles. The van der Waals surface area contributed by atoms with E-state index in [1.165, 1.54) is 161 Å². The molecule has 0 aliphatic rings. The molecule has 0 unspecified atom stereocenters. The van der Waals surface area contributed by atoms with Crippen molar-refractivity contribution < 1.29 is 4.79 Å². The van der Waals surface area contributed by atoms with Gasteiger partial charge in [-0.25, -0.2) is 0 Å². The molecular weight excluding hydrogens is 404 g/mol. The number of amides is 1. The maximum atomic E-state index is 11.0. The summed E-state index contributed by atoms with van der Waals surface area (Å²) in [5, 5.41) is 2.84. The molecule has 0 aliphatic heterocycles. The van der Waals surface area contributed by atoms with Gasteiger partial charge in [0.15, 0.2) is 0 Å². The Morgan fingerprint density at radius 2 is 0.697 bits per heavy atom. The molecule has 0 aromatic rings. The smallest absolute Gasteiger partial charge is 0.233 e. The molecule has 0 heterocycles. The largest absolute Gasteiger partial charge is 0.355 e. The minimum absolute atomic E-state index is 0.0328. The molecule has 33 heavy (non-hydrogen) atoms. The van der Waals surface area contributed by atoms with Crippen molar-refractivity contribution in [2.45, 2.75) is 174 Å². The number of hydrogen-bond donors (Lipinski definition) is 2. The van der Waals surface area contributed by atoms with Gasteiger partial charge in [-0.15, -0.1) is 0 Å². The Bertz CT molecular complexity index is 372. The molecule has 0 aromatic carbocycles. The molecule has 0 saturated heterocycles. The summed E-state index contributed by atoms with van der Waals surface area (Å²) in [4.78, 5) is 11.0. The summed E-state index contributed by atoms with van der Waals surface area (Å²) in [6, 6.07) is 0. The van der Waals surface area contributed by atoms with Gasteiger partial charge in [-0.2, -0.15) is 0 Å². The van der Waals surface area contributed by atoms with Gasteiger partial charge in [0, 0.05) is 6.54 Å². The number of carbonyl (C=O) groups excluding carboxylic acids is 1. The third-order valence-electron chi connectivity index (χ3n) is 7.04. The molecule has 1 amide bonds. The van der Waals surface area contributed by atoms with E-state index in [1.54, 1.807) is 0 Å². The number of unbranched alkanes of at least 4 members (excludes halogenated alkanes) is 25. The lowest BCUT2D eigenvalue weighted by molar-refractivity contribution is -0.119. The van der Waals surface area contributed by atoms with Crippen LogP contribution in [0.1, 0.15) is 174 Å². The first-order valence-electron chi connectivity index (χ1n) is 15.3. The van der Waals surface area contributed by atoms with Crippen molar-refractivity contribution in [1.29, 1.82) is 0 Å². The third kappa shape index (κ3) is 29.4. The Labute approximate surface area is 208 Å². The van der Waals surface area contributed by atoms with Gasteiger partial charge < -0.3 is 11.1 Å². The lowest BCUT2D eigenvalue weighted by Gasteiger charge is -2.05. The van der Waals surface area contributed by atoms with E-state index in [9.17, 15) is 4.79 Å². The van der Waals surface area contributed by atoms with Crippen molar-refractivity contribution >= 4 is 5.91 Å². The van der Waals surface area contributed by atoms with Crippen molar-refractivity contribution in [3.05, 3.63) is 0 Å². The van der Waals surface area contributed by atoms with Gasteiger partial charge in [0.2, 0.25) is 5.91 Å². The van der Waals surface area contributed by atoms with Crippen LogP contribution in [-0.4, -0.2) is 19.0 Å². The minimum Gasteiger partial charge on any atom is -0.355 e. The Balaban J connectivity index is 3.02. The van der Waals surface area contributed by atoms with Crippen LogP contribution in [-0.2, 0) is 4.79 Å². The Morgan fingerprint density at radius 3 is 0.939 bits per heavy atom. The quantitative estimate of drug-likeness (QED) is 0.113. The van der Waals surface area contributed by atoms with Crippen LogP contribution in [0.3, 0.4) is 0 Å². The van der Waals surface area contributed by atoms with E-state index < -0.39 is 0 Å². The summed E-state index contributed by atoms with van der Waals surface area (Å²) in [7, 11) is 0.